The summed E-state index contributed by atoms with van der Waals surface area (Å²) >= 11 is 0. The zero-order valence-electron chi connectivity index (χ0n) is 15.3. The molecule has 1 fully saturated rings. The van der Waals surface area contributed by atoms with Gasteiger partial charge in [-0.1, -0.05) is 18.2 Å². The van der Waals surface area contributed by atoms with E-state index in [9.17, 15) is 4.79 Å². The van der Waals surface area contributed by atoms with Crippen LogP contribution in [0.15, 0.2) is 42.5 Å². The number of aromatic nitrogens is 1. The third-order valence-corrected chi connectivity index (χ3v) is 4.79. The Morgan fingerprint density at radius 1 is 1.04 bits per heavy atom. The average molecular weight is 338 g/mol. The van der Waals surface area contributed by atoms with Crippen LogP contribution in [-0.2, 0) is 9.31 Å². The van der Waals surface area contributed by atoms with Crippen molar-refractivity contribution in [2.75, 3.05) is 5.32 Å². The Morgan fingerprint density at radius 2 is 1.68 bits per heavy atom. The van der Waals surface area contributed by atoms with Crippen molar-refractivity contribution in [1.29, 1.82) is 0 Å². The van der Waals surface area contributed by atoms with E-state index in [0.717, 1.165) is 11.2 Å². The highest BCUT2D eigenvalue weighted by molar-refractivity contribution is 6.62. The third kappa shape index (κ3) is 3.60. The van der Waals surface area contributed by atoms with Gasteiger partial charge in [0.05, 0.1) is 11.2 Å². The van der Waals surface area contributed by atoms with Gasteiger partial charge in [-0.2, -0.15) is 0 Å². The fourth-order valence-corrected chi connectivity index (χ4v) is 2.61. The Morgan fingerprint density at radius 3 is 2.32 bits per heavy atom. The van der Waals surface area contributed by atoms with E-state index in [1.165, 1.54) is 0 Å². The lowest BCUT2D eigenvalue weighted by molar-refractivity contribution is 0.00578. The number of nitrogens with zero attached hydrogens (tertiary/aromatic N) is 1. The fraction of sp³-hybridized carbons (Fsp3) is 0.368. The molecule has 1 amide bonds. The molecule has 1 saturated heterocycles. The summed E-state index contributed by atoms with van der Waals surface area (Å²) in [5.41, 5.74) is 1.94. The van der Waals surface area contributed by atoms with Crippen LogP contribution in [0.3, 0.4) is 0 Å². The lowest BCUT2D eigenvalue weighted by Crippen LogP contribution is -2.41. The topological polar surface area (TPSA) is 60.5 Å². The summed E-state index contributed by atoms with van der Waals surface area (Å²) in [6.07, 6.45) is 0. The molecule has 1 aliphatic rings. The van der Waals surface area contributed by atoms with Crippen molar-refractivity contribution in [3.05, 3.63) is 53.9 Å². The van der Waals surface area contributed by atoms with E-state index in [1.807, 2.05) is 71.0 Å². The molecule has 0 atom stereocenters. The van der Waals surface area contributed by atoms with Crippen molar-refractivity contribution in [3.63, 3.8) is 0 Å². The third-order valence-electron chi connectivity index (χ3n) is 4.79. The predicted molar refractivity (Wildman–Crippen MR) is 99.1 cm³/mol. The van der Waals surface area contributed by atoms with Gasteiger partial charge in [-0.3, -0.25) is 4.79 Å². The lowest BCUT2D eigenvalue weighted by atomic mass is 9.79. The van der Waals surface area contributed by atoms with Crippen molar-refractivity contribution in [2.24, 2.45) is 0 Å². The molecule has 0 saturated carbocycles. The zero-order valence-corrected chi connectivity index (χ0v) is 15.3. The molecule has 1 aromatic heterocycles. The Balaban J connectivity index is 1.78. The van der Waals surface area contributed by atoms with Crippen LogP contribution < -0.4 is 10.8 Å². The molecule has 5 nitrogen and oxygen atoms in total. The quantitative estimate of drug-likeness (QED) is 0.874. The maximum Gasteiger partial charge on any atom is 0.494 e. The molecule has 2 aromatic rings. The SMILES string of the molecule is Cc1cccc(C(=O)Nc2cccc(B3OC(C)(C)C(C)(C)O3)c2)n1. The summed E-state index contributed by atoms with van der Waals surface area (Å²) in [5, 5.41) is 2.88. The van der Waals surface area contributed by atoms with Crippen LogP contribution in [0, 0.1) is 6.92 Å². The Labute approximate surface area is 148 Å². The molecule has 1 aromatic carbocycles. The highest BCUT2D eigenvalue weighted by Crippen LogP contribution is 2.36. The van der Waals surface area contributed by atoms with Gasteiger partial charge in [0.1, 0.15) is 5.69 Å². The highest BCUT2D eigenvalue weighted by atomic mass is 16.7. The van der Waals surface area contributed by atoms with Crippen LogP contribution >= 0.6 is 0 Å². The minimum Gasteiger partial charge on any atom is -0.399 e. The van der Waals surface area contributed by atoms with Gasteiger partial charge in [-0.05, 0) is 64.3 Å². The molecule has 6 heteroatoms. The van der Waals surface area contributed by atoms with E-state index in [4.69, 9.17) is 9.31 Å². The zero-order chi connectivity index (χ0) is 18.2. The summed E-state index contributed by atoms with van der Waals surface area (Å²) < 4.78 is 12.1. The van der Waals surface area contributed by atoms with Crippen molar-refractivity contribution in [1.82, 2.24) is 4.98 Å². The molecule has 25 heavy (non-hydrogen) atoms. The standard InChI is InChI=1S/C19H23BN2O3/c1-13-8-6-11-16(21-13)17(23)22-15-10-7-9-14(12-15)20-24-18(2,3)19(4,5)25-20/h6-12H,1-5H3,(H,22,23). The molecule has 1 aliphatic heterocycles. The first-order chi connectivity index (χ1) is 11.7. The van der Waals surface area contributed by atoms with Crippen LogP contribution in [0.2, 0.25) is 0 Å². The molecule has 1 N–H and O–H groups in total. The first-order valence-electron chi connectivity index (χ1n) is 8.39. The van der Waals surface area contributed by atoms with Crippen molar-refractivity contribution < 1.29 is 14.1 Å². The number of amides is 1. The van der Waals surface area contributed by atoms with Gasteiger partial charge in [0.25, 0.3) is 5.91 Å². The van der Waals surface area contributed by atoms with E-state index in [2.05, 4.69) is 10.3 Å². The number of carbonyl (C=O) groups excluding carboxylic acids is 1. The second-order valence-corrected chi connectivity index (χ2v) is 7.33. The Kier molecular flexibility index (Phi) is 4.43. The summed E-state index contributed by atoms with van der Waals surface area (Å²) in [6.45, 7) is 9.92. The first-order valence-corrected chi connectivity index (χ1v) is 8.39. The van der Waals surface area contributed by atoms with Gasteiger partial charge in [-0.15, -0.1) is 0 Å². The summed E-state index contributed by atoms with van der Waals surface area (Å²) in [7, 11) is -0.459. The van der Waals surface area contributed by atoms with E-state index in [0.29, 0.717) is 11.4 Å². The van der Waals surface area contributed by atoms with Crippen molar-refractivity contribution in [3.8, 4) is 0 Å². The number of carbonyl (C=O) groups is 1. The van der Waals surface area contributed by atoms with Crippen LogP contribution in [0.4, 0.5) is 5.69 Å². The minimum atomic E-state index is -0.459. The van der Waals surface area contributed by atoms with Gasteiger partial charge < -0.3 is 14.6 Å². The number of benzene rings is 1. The average Bonchev–Trinajstić information content (AvgIpc) is 2.76. The summed E-state index contributed by atoms with van der Waals surface area (Å²) in [5.74, 6) is -0.241. The fourth-order valence-electron chi connectivity index (χ4n) is 2.61. The second-order valence-electron chi connectivity index (χ2n) is 7.33. The number of nitrogens with one attached hydrogen (secondary N) is 1. The van der Waals surface area contributed by atoms with Crippen LogP contribution in [0.1, 0.15) is 43.9 Å². The molecular formula is C19H23BN2O3. The minimum absolute atomic E-state index is 0.241. The van der Waals surface area contributed by atoms with Gasteiger partial charge >= 0.3 is 7.12 Å². The van der Waals surface area contributed by atoms with E-state index in [-0.39, 0.29) is 5.91 Å². The first kappa shape index (κ1) is 17.6. The number of aryl methyl sites for hydroxylation is 1. The maximum absolute atomic E-state index is 12.4. The van der Waals surface area contributed by atoms with E-state index < -0.39 is 18.3 Å². The smallest absolute Gasteiger partial charge is 0.399 e. The summed E-state index contributed by atoms with van der Waals surface area (Å²) in [6, 6.07) is 12.9. The Bertz CT molecular complexity index is 789. The van der Waals surface area contributed by atoms with E-state index in [1.54, 1.807) is 6.07 Å². The molecule has 0 radical (unpaired) electrons. The number of hydrogen-bond acceptors (Lipinski definition) is 4. The highest BCUT2D eigenvalue weighted by Gasteiger charge is 2.51. The lowest BCUT2D eigenvalue weighted by Gasteiger charge is -2.32. The monoisotopic (exact) mass is 338 g/mol. The molecule has 0 aliphatic carbocycles. The Hall–Kier alpha value is -2.18. The van der Waals surface area contributed by atoms with Crippen LogP contribution in [0.25, 0.3) is 0 Å². The molecule has 0 bridgehead atoms. The number of pyridine rings is 1. The van der Waals surface area contributed by atoms with Crippen LogP contribution in [-0.4, -0.2) is 29.2 Å². The molecular weight excluding hydrogens is 315 g/mol. The maximum atomic E-state index is 12.4. The van der Waals surface area contributed by atoms with Gasteiger partial charge in [0.2, 0.25) is 0 Å². The number of hydrogen-bond donors (Lipinski definition) is 1. The van der Waals surface area contributed by atoms with E-state index >= 15 is 0 Å². The molecule has 0 spiro atoms. The molecule has 2 heterocycles. The number of anilines is 1. The normalized spacial score (nSPS) is 18.2. The second kappa shape index (κ2) is 6.28. The summed E-state index contributed by atoms with van der Waals surface area (Å²) in [4.78, 5) is 16.6. The van der Waals surface area contributed by atoms with Gasteiger partial charge in [0, 0.05) is 11.4 Å². The van der Waals surface area contributed by atoms with Crippen molar-refractivity contribution >= 4 is 24.2 Å². The molecule has 3 rings (SSSR count). The van der Waals surface area contributed by atoms with Gasteiger partial charge in [-0.25, -0.2) is 4.98 Å². The number of rotatable bonds is 3. The predicted octanol–water partition coefficient (Wildman–Crippen LogP) is 2.94. The van der Waals surface area contributed by atoms with Gasteiger partial charge in [0.15, 0.2) is 0 Å². The largest absolute Gasteiger partial charge is 0.494 e. The van der Waals surface area contributed by atoms with Crippen molar-refractivity contribution in [2.45, 2.75) is 45.8 Å². The molecule has 130 valence electrons. The van der Waals surface area contributed by atoms with Crippen LogP contribution in [0.5, 0.6) is 0 Å². The molecule has 0 unspecified atom stereocenters.